The first kappa shape index (κ1) is 17.7. The maximum absolute atomic E-state index is 12.6. The Labute approximate surface area is 162 Å². The van der Waals surface area contributed by atoms with Crippen molar-refractivity contribution in [2.75, 3.05) is 12.4 Å². The molecule has 0 aliphatic carbocycles. The summed E-state index contributed by atoms with van der Waals surface area (Å²) < 4.78 is 5.54. The van der Waals surface area contributed by atoms with Crippen LogP contribution in [0.15, 0.2) is 65.8 Å². The number of pyridine rings is 2. The van der Waals surface area contributed by atoms with Crippen LogP contribution in [0.3, 0.4) is 0 Å². The van der Waals surface area contributed by atoms with Crippen LogP contribution in [0.2, 0.25) is 0 Å². The lowest BCUT2D eigenvalue weighted by molar-refractivity contribution is 0.0950. The van der Waals surface area contributed by atoms with Gasteiger partial charge < -0.3 is 10.1 Å². The lowest BCUT2D eigenvalue weighted by atomic mass is 10.1. The zero-order valence-electron chi connectivity index (χ0n) is 14.7. The lowest BCUT2D eigenvalue weighted by Gasteiger charge is -2.09. The van der Waals surface area contributed by atoms with Crippen molar-refractivity contribution in [2.45, 2.75) is 18.0 Å². The molecule has 0 unspecified atom stereocenters. The van der Waals surface area contributed by atoms with Crippen LogP contribution >= 0.6 is 11.8 Å². The third-order valence-corrected chi connectivity index (χ3v) is 5.34. The number of hydrogen-bond acceptors (Lipinski definition) is 5. The fourth-order valence-corrected chi connectivity index (χ4v) is 3.83. The Morgan fingerprint density at radius 1 is 1.11 bits per heavy atom. The minimum Gasteiger partial charge on any atom is -0.376 e. The molecule has 0 radical (unpaired) electrons. The number of benzene rings is 1. The molecule has 0 bridgehead atoms. The van der Waals surface area contributed by atoms with Gasteiger partial charge >= 0.3 is 0 Å². The van der Waals surface area contributed by atoms with Crippen LogP contribution < -0.4 is 5.32 Å². The first-order valence-corrected chi connectivity index (χ1v) is 9.76. The van der Waals surface area contributed by atoms with E-state index in [1.807, 2.05) is 48.5 Å². The molecular formula is C21H19N3O2S. The fraction of sp³-hybridized carbons (Fsp3) is 0.190. The highest BCUT2D eigenvalue weighted by Crippen LogP contribution is 2.27. The maximum Gasteiger partial charge on any atom is 0.251 e. The van der Waals surface area contributed by atoms with E-state index in [1.54, 1.807) is 24.2 Å². The van der Waals surface area contributed by atoms with Gasteiger partial charge in [0.2, 0.25) is 0 Å². The molecule has 0 saturated heterocycles. The van der Waals surface area contributed by atoms with Gasteiger partial charge in [0.1, 0.15) is 0 Å². The average molecular weight is 377 g/mol. The van der Waals surface area contributed by atoms with E-state index in [4.69, 9.17) is 4.74 Å². The van der Waals surface area contributed by atoms with E-state index in [2.05, 4.69) is 15.3 Å². The van der Waals surface area contributed by atoms with Crippen molar-refractivity contribution in [3.63, 3.8) is 0 Å². The second-order valence-electron chi connectivity index (χ2n) is 6.16. The lowest BCUT2D eigenvalue weighted by Crippen LogP contribution is -2.23. The van der Waals surface area contributed by atoms with Crippen LogP contribution in [0.5, 0.6) is 0 Å². The average Bonchev–Trinajstić information content (AvgIpc) is 2.98. The van der Waals surface area contributed by atoms with Crippen molar-refractivity contribution in [3.8, 4) is 11.3 Å². The standard InChI is InChI=1S/C21H19N3O2S/c25-21(16-4-5-17-14-26-9-10-27-20(17)12-16)24-13-18-11-15(6-8-22-18)19-3-1-2-7-23-19/h1-8,11-12H,9-10,13-14H2,(H,24,25). The van der Waals surface area contributed by atoms with Gasteiger partial charge in [-0.2, -0.15) is 0 Å². The van der Waals surface area contributed by atoms with Crippen LogP contribution in [0, 0.1) is 0 Å². The summed E-state index contributed by atoms with van der Waals surface area (Å²) in [5, 5.41) is 2.95. The highest BCUT2D eigenvalue weighted by Gasteiger charge is 2.13. The molecule has 6 heteroatoms. The summed E-state index contributed by atoms with van der Waals surface area (Å²) in [6, 6.07) is 15.4. The predicted octanol–water partition coefficient (Wildman–Crippen LogP) is 3.70. The molecule has 2 aromatic heterocycles. The van der Waals surface area contributed by atoms with Crippen molar-refractivity contribution in [1.29, 1.82) is 0 Å². The maximum atomic E-state index is 12.6. The SMILES string of the molecule is O=C(NCc1cc(-c2ccccn2)ccn1)c1ccc2c(c1)SCCOC2. The van der Waals surface area contributed by atoms with Crippen molar-refractivity contribution in [2.24, 2.45) is 0 Å². The zero-order chi connectivity index (χ0) is 18.5. The van der Waals surface area contributed by atoms with Gasteiger partial charge in [0.05, 0.1) is 31.1 Å². The molecular weight excluding hydrogens is 358 g/mol. The number of aromatic nitrogens is 2. The minimum absolute atomic E-state index is 0.103. The van der Waals surface area contributed by atoms with Crippen LogP contribution in [-0.4, -0.2) is 28.2 Å². The van der Waals surface area contributed by atoms with E-state index in [0.717, 1.165) is 39.8 Å². The Balaban J connectivity index is 1.45. The number of carbonyl (C=O) groups is 1. The second kappa shape index (κ2) is 8.33. The summed E-state index contributed by atoms with van der Waals surface area (Å²) in [5.74, 6) is 0.802. The summed E-state index contributed by atoms with van der Waals surface area (Å²) >= 11 is 1.73. The summed E-state index contributed by atoms with van der Waals surface area (Å²) in [5.41, 5.74) is 4.46. The van der Waals surface area contributed by atoms with E-state index in [9.17, 15) is 4.79 Å². The fourth-order valence-electron chi connectivity index (χ4n) is 2.88. The van der Waals surface area contributed by atoms with Gasteiger partial charge in [0, 0.05) is 34.2 Å². The Kier molecular flexibility index (Phi) is 5.46. The molecule has 1 N–H and O–H groups in total. The number of fused-ring (bicyclic) bond motifs is 1. The van der Waals surface area contributed by atoms with E-state index in [1.165, 1.54) is 0 Å². The molecule has 4 rings (SSSR count). The first-order chi connectivity index (χ1) is 13.3. The van der Waals surface area contributed by atoms with E-state index in [-0.39, 0.29) is 5.91 Å². The Morgan fingerprint density at radius 2 is 2.07 bits per heavy atom. The molecule has 1 amide bonds. The molecule has 1 aliphatic rings. The minimum atomic E-state index is -0.103. The molecule has 136 valence electrons. The number of nitrogens with zero attached hydrogens (tertiary/aromatic N) is 2. The number of thioether (sulfide) groups is 1. The highest BCUT2D eigenvalue weighted by molar-refractivity contribution is 7.99. The zero-order valence-corrected chi connectivity index (χ0v) is 15.5. The number of carbonyl (C=O) groups excluding carboxylic acids is 1. The summed E-state index contributed by atoms with van der Waals surface area (Å²) in [4.78, 5) is 22.4. The quantitative estimate of drug-likeness (QED) is 0.751. The third-order valence-electron chi connectivity index (χ3n) is 4.28. The van der Waals surface area contributed by atoms with Gasteiger partial charge in [-0.25, -0.2) is 0 Å². The Morgan fingerprint density at radius 3 is 2.96 bits per heavy atom. The van der Waals surface area contributed by atoms with Crippen LogP contribution in [-0.2, 0) is 17.9 Å². The van der Waals surface area contributed by atoms with Crippen molar-refractivity contribution in [1.82, 2.24) is 15.3 Å². The molecule has 27 heavy (non-hydrogen) atoms. The van der Waals surface area contributed by atoms with Crippen LogP contribution in [0.25, 0.3) is 11.3 Å². The van der Waals surface area contributed by atoms with Crippen molar-refractivity contribution < 1.29 is 9.53 Å². The molecule has 1 aromatic carbocycles. The largest absolute Gasteiger partial charge is 0.376 e. The molecule has 3 aromatic rings. The summed E-state index contributed by atoms with van der Waals surface area (Å²) in [6.07, 6.45) is 3.50. The van der Waals surface area contributed by atoms with Gasteiger partial charge in [-0.1, -0.05) is 12.1 Å². The number of ether oxygens (including phenoxy) is 1. The molecule has 0 fully saturated rings. The molecule has 0 atom stereocenters. The number of hydrogen-bond donors (Lipinski definition) is 1. The monoisotopic (exact) mass is 377 g/mol. The summed E-state index contributed by atoms with van der Waals surface area (Å²) in [7, 11) is 0. The number of rotatable bonds is 4. The molecule has 0 saturated carbocycles. The van der Waals surface area contributed by atoms with Gasteiger partial charge in [0.25, 0.3) is 5.91 Å². The van der Waals surface area contributed by atoms with Gasteiger partial charge in [-0.05, 0) is 42.0 Å². The normalized spacial score (nSPS) is 13.5. The third kappa shape index (κ3) is 4.35. The van der Waals surface area contributed by atoms with Crippen LogP contribution in [0.4, 0.5) is 0 Å². The highest BCUT2D eigenvalue weighted by atomic mass is 32.2. The van der Waals surface area contributed by atoms with Gasteiger partial charge in [-0.15, -0.1) is 11.8 Å². The smallest absolute Gasteiger partial charge is 0.251 e. The number of amides is 1. The Bertz CT molecular complexity index is 947. The summed E-state index contributed by atoms with van der Waals surface area (Å²) in [6.45, 7) is 1.71. The van der Waals surface area contributed by atoms with Crippen molar-refractivity contribution >= 4 is 17.7 Å². The number of nitrogens with one attached hydrogen (secondary N) is 1. The predicted molar refractivity (Wildman–Crippen MR) is 105 cm³/mol. The molecule has 3 heterocycles. The van der Waals surface area contributed by atoms with E-state index < -0.39 is 0 Å². The van der Waals surface area contributed by atoms with E-state index >= 15 is 0 Å². The van der Waals surface area contributed by atoms with Crippen molar-refractivity contribution in [3.05, 3.63) is 77.7 Å². The molecule has 0 spiro atoms. The van der Waals surface area contributed by atoms with Gasteiger partial charge in [0.15, 0.2) is 0 Å². The second-order valence-corrected chi connectivity index (χ2v) is 7.29. The van der Waals surface area contributed by atoms with Crippen LogP contribution in [0.1, 0.15) is 21.6 Å². The Hall–Kier alpha value is -2.70. The first-order valence-electron chi connectivity index (χ1n) is 8.77. The van der Waals surface area contributed by atoms with E-state index in [0.29, 0.717) is 18.7 Å². The molecule has 1 aliphatic heterocycles. The topological polar surface area (TPSA) is 64.1 Å². The molecule has 5 nitrogen and oxygen atoms in total. The van der Waals surface area contributed by atoms with Gasteiger partial charge in [-0.3, -0.25) is 14.8 Å².